The molecule has 0 aliphatic carbocycles. The zero-order chi connectivity index (χ0) is 13.5. The third-order valence-electron chi connectivity index (χ3n) is 2.85. The van der Waals surface area contributed by atoms with Crippen LogP contribution in [0, 0.1) is 0 Å². The van der Waals surface area contributed by atoms with E-state index in [2.05, 4.69) is 15.3 Å². The summed E-state index contributed by atoms with van der Waals surface area (Å²) >= 11 is 0. The van der Waals surface area contributed by atoms with E-state index in [0.29, 0.717) is 12.1 Å². The van der Waals surface area contributed by atoms with Crippen LogP contribution in [-0.2, 0) is 0 Å². The SMILES string of the molecule is O=C(NCCCCCO)c1ccc2nccnc2c1. The number of carbonyl (C=O) groups is 1. The minimum atomic E-state index is -0.100. The Labute approximate surface area is 111 Å². The Morgan fingerprint density at radius 2 is 1.89 bits per heavy atom. The molecule has 0 saturated heterocycles. The van der Waals surface area contributed by atoms with E-state index in [9.17, 15) is 4.79 Å². The lowest BCUT2D eigenvalue weighted by Gasteiger charge is -2.05. The molecule has 1 aromatic carbocycles. The molecule has 0 unspecified atom stereocenters. The number of hydrogen-bond acceptors (Lipinski definition) is 4. The molecule has 0 aliphatic rings. The first-order valence-corrected chi connectivity index (χ1v) is 6.41. The molecule has 0 radical (unpaired) electrons. The van der Waals surface area contributed by atoms with Crippen LogP contribution in [0.4, 0.5) is 0 Å². The largest absolute Gasteiger partial charge is 0.396 e. The Morgan fingerprint density at radius 1 is 1.11 bits per heavy atom. The van der Waals surface area contributed by atoms with Crippen molar-refractivity contribution in [1.29, 1.82) is 0 Å². The maximum absolute atomic E-state index is 11.9. The lowest BCUT2D eigenvalue weighted by Crippen LogP contribution is -2.24. The highest BCUT2D eigenvalue weighted by atomic mass is 16.2. The first-order chi connectivity index (χ1) is 9.31. The second-order valence-corrected chi connectivity index (χ2v) is 4.30. The quantitative estimate of drug-likeness (QED) is 0.771. The molecule has 1 amide bonds. The van der Waals surface area contributed by atoms with Gasteiger partial charge >= 0.3 is 0 Å². The van der Waals surface area contributed by atoms with Gasteiger partial charge < -0.3 is 10.4 Å². The Hall–Kier alpha value is -2.01. The third kappa shape index (κ3) is 3.72. The average Bonchev–Trinajstić information content (AvgIpc) is 2.46. The predicted molar refractivity (Wildman–Crippen MR) is 72.8 cm³/mol. The van der Waals surface area contributed by atoms with Gasteiger partial charge in [-0.15, -0.1) is 0 Å². The number of aliphatic hydroxyl groups excluding tert-OH is 1. The van der Waals surface area contributed by atoms with Crippen molar-refractivity contribution in [2.75, 3.05) is 13.2 Å². The molecular weight excluding hydrogens is 242 g/mol. The van der Waals surface area contributed by atoms with Crippen molar-refractivity contribution in [1.82, 2.24) is 15.3 Å². The van der Waals surface area contributed by atoms with Gasteiger partial charge in [-0.05, 0) is 37.5 Å². The van der Waals surface area contributed by atoms with Crippen LogP contribution in [0.2, 0.25) is 0 Å². The smallest absolute Gasteiger partial charge is 0.251 e. The number of carbonyl (C=O) groups excluding carboxylic acids is 1. The number of benzene rings is 1. The molecule has 0 atom stereocenters. The molecule has 2 N–H and O–H groups in total. The van der Waals surface area contributed by atoms with Crippen LogP contribution >= 0.6 is 0 Å². The minimum absolute atomic E-state index is 0.100. The van der Waals surface area contributed by atoms with Gasteiger partial charge in [0.2, 0.25) is 0 Å². The van der Waals surface area contributed by atoms with Crippen molar-refractivity contribution in [3.8, 4) is 0 Å². The molecule has 1 heterocycles. The van der Waals surface area contributed by atoms with Crippen LogP contribution in [0.1, 0.15) is 29.6 Å². The summed E-state index contributed by atoms with van der Waals surface area (Å²) in [6.45, 7) is 0.828. The van der Waals surface area contributed by atoms with Crippen molar-refractivity contribution >= 4 is 16.9 Å². The highest BCUT2D eigenvalue weighted by molar-refractivity contribution is 5.97. The maximum Gasteiger partial charge on any atom is 0.251 e. The van der Waals surface area contributed by atoms with Crippen LogP contribution in [-0.4, -0.2) is 34.1 Å². The Morgan fingerprint density at radius 3 is 2.68 bits per heavy atom. The molecule has 19 heavy (non-hydrogen) atoms. The van der Waals surface area contributed by atoms with Gasteiger partial charge in [0.1, 0.15) is 0 Å². The van der Waals surface area contributed by atoms with Crippen molar-refractivity contribution in [2.24, 2.45) is 0 Å². The van der Waals surface area contributed by atoms with Gasteiger partial charge in [0, 0.05) is 31.1 Å². The van der Waals surface area contributed by atoms with E-state index < -0.39 is 0 Å². The summed E-state index contributed by atoms with van der Waals surface area (Å²) in [5.41, 5.74) is 2.09. The monoisotopic (exact) mass is 259 g/mol. The van der Waals surface area contributed by atoms with Gasteiger partial charge in [0.25, 0.3) is 5.91 Å². The number of nitrogens with zero attached hydrogens (tertiary/aromatic N) is 2. The summed E-state index contributed by atoms with van der Waals surface area (Å²) in [5, 5.41) is 11.5. The number of amides is 1. The number of rotatable bonds is 6. The fourth-order valence-corrected chi connectivity index (χ4v) is 1.82. The fourth-order valence-electron chi connectivity index (χ4n) is 1.82. The predicted octanol–water partition coefficient (Wildman–Crippen LogP) is 1.52. The van der Waals surface area contributed by atoms with Gasteiger partial charge in [-0.1, -0.05) is 0 Å². The molecule has 0 fully saturated rings. The molecule has 0 aliphatic heterocycles. The van der Waals surface area contributed by atoms with E-state index >= 15 is 0 Å². The molecule has 0 saturated carbocycles. The van der Waals surface area contributed by atoms with Gasteiger partial charge in [-0.2, -0.15) is 0 Å². The van der Waals surface area contributed by atoms with E-state index in [1.165, 1.54) is 0 Å². The van der Waals surface area contributed by atoms with E-state index in [0.717, 1.165) is 30.3 Å². The standard InChI is InChI=1S/C14H17N3O2/c18-9-3-1-2-6-17-14(19)11-4-5-12-13(10-11)16-8-7-15-12/h4-5,7-8,10,18H,1-3,6,9H2,(H,17,19). The van der Waals surface area contributed by atoms with Crippen molar-refractivity contribution in [3.63, 3.8) is 0 Å². The summed E-state index contributed by atoms with van der Waals surface area (Å²) in [6, 6.07) is 5.29. The molecule has 1 aromatic heterocycles. The lowest BCUT2D eigenvalue weighted by molar-refractivity contribution is 0.0953. The van der Waals surface area contributed by atoms with Crippen molar-refractivity contribution in [3.05, 3.63) is 36.2 Å². The second kappa shape index (κ2) is 6.80. The fraction of sp³-hybridized carbons (Fsp3) is 0.357. The summed E-state index contributed by atoms with van der Waals surface area (Å²) in [7, 11) is 0. The molecule has 100 valence electrons. The molecule has 2 rings (SSSR count). The minimum Gasteiger partial charge on any atom is -0.396 e. The average molecular weight is 259 g/mol. The van der Waals surface area contributed by atoms with Crippen LogP contribution in [0.15, 0.2) is 30.6 Å². The summed E-state index contributed by atoms with van der Waals surface area (Å²) in [4.78, 5) is 20.2. The van der Waals surface area contributed by atoms with E-state index in [1.54, 1.807) is 30.6 Å². The topological polar surface area (TPSA) is 75.1 Å². The van der Waals surface area contributed by atoms with Crippen LogP contribution in [0.5, 0.6) is 0 Å². The highest BCUT2D eigenvalue weighted by Gasteiger charge is 2.06. The Bertz CT molecular complexity index is 557. The van der Waals surface area contributed by atoms with Crippen LogP contribution in [0.3, 0.4) is 0 Å². The van der Waals surface area contributed by atoms with Gasteiger partial charge in [-0.25, -0.2) is 0 Å². The number of aromatic nitrogens is 2. The number of unbranched alkanes of at least 4 members (excludes halogenated alkanes) is 2. The van der Waals surface area contributed by atoms with E-state index in [-0.39, 0.29) is 12.5 Å². The first-order valence-electron chi connectivity index (χ1n) is 6.41. The molecule has 0 spiro atoms. The van der Waals surface area contributed by atoms with Crippen molar-refractivity contribution in [2.45, 2.75) is 19.3 Å². The first kappa shape index (κ1) is 13.4. The molecule has 0 bridgehead atoms. The normalized spacial score (nSPS) is 10.6. The zero-order valence-electron chi connectivity index (χ0n) is 10.7. The lowest BCUT2D eigenvalue weighted by atomic mass is 10.1. The van der Waals surface area contributed by atoms with Crippen molar-refractivity contribution < 1.29 is 9.90 Å². The van der Waals surface area contributed by atoms with Gasteiger partial charge in [-0.3, -0.25) is 14.8 Å². The summed E-state index contributed by atoms with van der Waals surface area (Å²) in [6.07, 6.45) is 5.81. The van der Waals surface area contributed by atoms with Crippen LogP contribution < -0.4 is 5.32 Å². The Balaban J connectivity index is 1.93. The van der Waals surface area contributed by atoms with Gasteiger partial charge in [0.15, 0.2) is 0 Å². The van der Waals surface area contributed by atoms with E-state index in [1.807, 2.05) is 0 Å². The second-order valence-electron chi connectivity index (χ2n) is 4.30. The third-order valence-corrected chi connectivity index (χ3v) is 2.85. The van der Waals surface area contributed by atoms with E-state index in [4.69, 9.17) is 5.11 Å². The summed E-state index contributed by atoms with van der Waals surface area (Å²) < 4.78 is 0. The highest BCUT2D eigenvalue weighted by Crippen LogP contribution is 2.10. The number of nitrogens with one attached hydrogen (secondary N) is 1. The molecule has 5 nitrogen and oxygen atoms in total. The van der Waals surface area contributed by atoms with Crippen LogP contribution in [0.25, 0.3) is 11.0 Å². The molecule has 2 aromatic rings. The van der Waals surface area contributed by atoms with Gasteiger partial charge in [0.05, 0.1) is 11.0 Å². The number of hydrogen-bond donors (Lipinski definition) is 2. The summed E-state index contributed by atoms with van der Waals surface area (Å²) in [5.74, 6) is -0.100. The zero-order valence-corrected chi connectivity index (χ0v) is 10.7. The Kier molecular flexibility index (Phi) is 4.80. The molecular formula is C14H17N3O2. The maximum atomic E-state index is 11.9. The number of aliphatic hydroxyl groups is 1. The molecule has 5 heteroatoms. The number of fused-ring (bicyclic) bond motifs is 1.